The second-order valence-corrected chi connectivity index (χ2v) is 6.44. The van der Waals surface area contributed by atoms with Crippen LogP contribution in [0, 0.1) is 11.8 Å². The van der Waals surface area contributed by atoms with E-state index in [0.717, 1.165) is 44.6 Å². The Bertz CT molecular complexity index is 237. The molecule has 3 heteroatoms. The second-order valence-electron chi connectivity index (χ2n) is 6.44. The van der Waals surface area contributed by atoms with Crippen molar-refractivity contribution in [1.29, 1.82) is 0 Å². The Kier molecular flexibility index (Phi) is 7.33. The van der Waals surface area contributed by atoms with E-state index in [9.17, 15) is 0 Å². The Hall–Kier alpha value is -0.120. The Morgan fingerprint density at radius 2 is 2.05 bits per heavy atom. The zero-order chi connectivity index (χ0) is 14.3. The number of nitrogens with two attached hydrogens (primary N) is 1. The van der Waals surface area contributed by atoms with Crippen molar-refractivity contribution in [3.8, 4) is 0 Å². The van der Waals surface area contributed by atoms with Gasteiger partial charge in [0.15, 0.2) is 0 Å². The van der Waals surface area contributed by atoms with Gasteiger partial charge >= 0.3 is 0 Å². The number of hydrogen-bond acceptors (Lipinski definition) is 3. The first-order chi connectivity index (χ1) is 9.07. The fraction of sp³-hybridized carbons (Fsp3) is 1.00. The molecule has 1 rings (SSSR count). The summed E-state index contributed by atoms with van der Waals surface area (Å²) >= 11 is 0. The van der Waals surface area contributed by atoms with Crippen molar-refractivity contribution in [2.75, 3.05) is 33.4 Å². The number of rotatable bonds is 11. The van der Waals surface area contributed by atoms with E-state index in [1.165, 1.54) is 25.7 Å². The van der Waals surface area contributed by atoms with Gasteiger partial charge in [0.1, 0.15) is 0 Å². The largest absolute Gasteiger partial charge is 0.380 e. The van der Waals surface area contributed by atoms with Crippen LogP contribution in [0.15, 0.2) is 0 Å². The van der Waals surface area contributed by atoms with Crippen LogP contribution < -0.4 is 5.73 Å². The molecule has 2 unspecified atom stereocenters. The summed E-state index contributed by atoms with van der Waals surface area (Å²) in [5.41, 5.74) is 6.25. The Morgan fingerprint density at radius 3 is 2.53 bits per heavy atom. The van der Waals surface area contributed by atoms with E-state index in [4.69, 9.17) is 10.5 Å². The number of nitrogens with zero attached hydrogens (tertiary/aromatic N) is 1. The van der Waals surface area contributed by atoms with Gasteiger partial charge in [-0.2, -0.15) is 0 Å². The van der Waals surface area contributed by atoms with Crippen molar-refractivity contribution < 1.29 is 4.74 Å². The fourth-order valence-electron chi connectivity index (χ4n) is 2.72. The third-order valence-corrected chi connectivity index (χ3v) is 4.89. The molecule has 0 heterocycles. The summed E-state index contributed by atoms with van der Waals surface area (Å²) in [4.78, 5) is 2.44. The molecule has 0 saturated heterocycles. The summed E-state index contributed by atoms with van der Waals surface area (Å²) in [5.74, 6) is 1.59. The molecule has 0 bridgehead atoms. The number of ether oxygens (including phenoxy) is 1. The molecule has 1 aliphatic carbocycles. The third-order valence-electron chi connectivity index (χ3n) is 4.89. The van der Waals surface area contributed by atoms with Gasteiger partial charge in [0.2, 0.25) is 0 Å². The minimum Gasteiger partial charge on any atom is -0.380 e. The van der Waals surface area contributed by atoms with Gasteiger partial charge in [-0.1, -0.05) is 27.2 Å². The molecule has 0 spiro atoms. The molecule has 2 atom stereocenters. The van der Waals surface area contributed by atoms with Gasteiger partial charge in [0.25, 0.3) is 0 Å². The van der Waals surface area contributed by atoms with Crippen molar-refractivity contribution in [3.63, 3.8) is 0 Å². The Morgan fingerprint density at radius 1 is 1.37 bits per heavy atom. The zero-order valence-corrected chi connectivity index (χ0v) is 13.5. The van der Waals surface area contributed by atoms with Crippen molar-refractivity contribution >= 4 is 0 Å². The summed E-state index contributed by atoms with van der Waals surface area (Å²) in [6.07, 6.45) is 6.27. The molecule has 2 N–H and O–H groups in total. The molecule has 19 heavy (non-hydrogen) atoms. The van der Waals surface area contributed by atoms with Crippen molar-refractivity contribution in [3.05, 3.63) is 0 Å². The highest BCUT2D eigenvalue weighted by Gasteiger charge is 2.32. The SMILES string of the molecule is CCC(C)CC(CC)(CN)N(C)CCOCC1CC1. The maximum atomic E-state index is 6.10. The van der Waals surface area contributed by atoms with E-state index in [1.807, 2.05) is 0 Å². The van der Waals surface area contributed by atoms with E-state index >= 15 is 0 Å². The molecular weight excluding hydrogens is 236 g/mol. The van der Waals surface area contributed by atoms with Crippen molar-refractivity contribution in [2.24, 2.45) is 17.6 Å². The van der Waals surface area contributed by atoms with E-state index in [0.29, 0.717) is 0 Å². The van der Waals surface area contributed by atoms with Gasteiger partial charge in [-0.3, -0.25) is 4.90 Å². The maximum absolute atomic E-state index is 6.10. The summed E-state index contributed by atoms with van der Waals surface area (Å²) in [5, 5.41) is 0. The highest BCUT2D eigenvalue weighted by atomic mass is 16.5. The lowest BCUT2D eigenvalue weighted by atomic mass is 9.83. The van der Waals surface area contributed by atoms with E-state index < -0.39 is 0 Å². The molecule has 1 aliphatic rings. The first-order valence-electron chi connectivity index (χ1n) is 8.07. The van der Waals surface area contributed by atoms with Gasteiger partial charge in [-0.25, -0.2) is 0 Å². The highest BCUT2D eigenvalue weighted by molar-refractivity contribution is 4.90. The van der Waals surface area contributed by atoms with Gasteiger partial charge in [-0.05, 0) is 44.6 Å². The fourth-order valence-corrected chi connectivity index (χ4v) is 2.72. The molecule has 0 amide bonds. The molecule has 0 aromatic carbocycles. The predicted molar refractivity (Wildman–Crippen MR) is 82.3 cm³/mol. The predicted octanol–water partition coefficient (Wildman–Crippen LogP) is 2.89. The maximum Gasteiger partial charge on any atom is 0.0593 e. The first kappa shape index (κ1) is 16.9. The Labute approximate surface area is 119 Å². The van der Waals surface area contributed by atoms with Gasteiger partial charge in [-0.15, -0.1) is 0 Å². The molecule has 0 aromatic rings. The van der Waals surface area contributed by atoms with Crippen molar-refractivity contribution in [2.45, 2.75) is 58.4 Å². The van der Waals surface area contributed by atoms with Crippen LogP contribution in [0.25, 0.3) is 0 Å². The van der Waals surface area contributed by atoms with Crippen LogP contribution in [0.5, 0.6) is 0 Å². The lowest BCUT2D eigenvalue weighted by Crippen LogP contribution is -2.53. The standard InChI is InChI=1S/C16H34N2O/c1-5-14(3)11-16(6-2,13-17)18(4)9-10-19-12-15-7-8-15/h14-15H,5-13,17H2,1-4H3. The lowest BCUT2D eigenvalue weighted by molar-refractivity contribution is 0.0447. The normalized spacial score (nSPS) is 20.5. The lowest BCUT2D eigenvalue weighted by Gasteiger charge is -2.42. The van der Waals surface area contributed by atoms with Gasteiger partial charge < -0.3 is 10.5 Å². The van der Waals surface area contributed by atoms with E-state index in [2.05, 4.69) is 32.7 Å². The molecule has 0 radical (unpaired) electrons. The minimum atomic E-state index is 0.151. The third kappa shape index (κ3) is 5.41. The minimum absolute atomic E-state index is 0.151. The molecule has 1 fully saturated rings. The average Bonchev–Trinajstić information content (AvgIpc) is 3.24. The Balaban J connectivity index is 2.37. The monoisotopic (exact) mass is 270 g/mol. The van der Waals surface area contributed by atoms with Gasteiger partial charge in [0, 0.05) is 25.2 Å². The van der Waals surface area contributed by atoms with Crippen LogP contribution in [-0.2, 0) is 4.74 Å². The molecular formula is C16H34N2O. The van der Waals surface area contributed by atoms with E-state index in [-0.39, 0.29) is 5.54 Å². The van der Waals surface area contributed by atoms with Crippen LogP contribution in [0.2, 0.25) is 0 Å². The van der Waals surface area contributed by atoms with Crippen LogP contribution in [0.4, 0.5) is 0 Å². The molecule has 1 saturated carbocycles. The molecule has 114 valence electrons. The van der Waals surface area contributed by atoms with Gasteiger partial charge in [0.05, 0.1) is 6.61 Å². The number of hydrogen-bond donors (Lipinski definition) is 1. The topological polar surface area (TPSA) is 38.5 Å². The smallest absolute Gasteiger partial charge is 0.0593 e. The average molecular weight is 270 g/mol. The molecule has 0 aromatic heterocycles. The van der Waals surface area contributed by atoms with Crippen LogP contribution >= 0.6 is 0 Å². The van der Waals surface area contributed by atoms with Crippen LogP contribution in [0.3, 0.4) is 0 Å². The zero-order valence-electron chi connectivity index (χ0n) is 13.5. The molecule has 0 aliphatic heterocycles. The number of likely N-dealkylation sites (N-methyl/N-ethyl adjacent to an activating group) is 1. The second kappa shape index (κ2) is 8.23. The van der Waals surface area contributed by atoms with Crippen LogP contribution in [0.1, 0.15) is 52.9 Å². The first-order valence-corrected chi connectivity index (χ1v) is 8.07. The van der Waals surface area contributed by atoms with Crippen LogP contribution in [-0.4, -0.2) is 43.8 Å². The summed E-state index contributed by atoms with van der Waals surface area (Å²) in [6, 6.07) is 0. The quantitative estimate of drug-likeness (QED) is 0.587. The summed E-state index contributed by atoms with van der Waals surface area (Å²) in [6.45, 7) is 10.4. The van der Waals surface area contributed by atoms with E-state index in [1.54, 1.807) is 0 Å². The summed E-state index contributed by atoms with van der Waals surface area (Å²) < 4.78 is 5.76. The van der Waals surface area contributed by atoms with Crippen molar-refractivity contribution in [1.82, 2.24) is 4.90 Å². The summed E-state index contributed by atoms with van der Waals surface area (Å²) in [7, 11) is 2.21. The highest BCUT2D eigenvalue weighted by Crippen LogP contribution is 2.29. The molecule has 3 nitrogen and oxygen atoms in total.